The van der Waals surface area contributed by atoms with E-state index in [1.165, 1.54) is 0 Å². The molecule has 0 saturated carbocycles. The van der Waals surface area contributed by atoms with Crippen molar-refractivity contribution in [1.29, 1.82) is 0 Å². The molecule has 5 N–H and O–H groups in total. The molecule has 0 spiro atoms. The van der Waals surface area contributed by atoms with Gasteiger partial charge in [0.25, 0.3) is 0 Å². The highest BCUT2D eigenvalue weighted by molar-refractivity contribution is 5.93. The van der Waals surface area contributed by atoms with Crippen LogP contribution in [0, 0.1) is 0 Å². The molecular weight excluding hydrogens is 691 g/mol. The number of nitrogens with one attached hydrogen (secondary N) is 2. The van der Waals surface area contributed by atoms with Gasteiger partial charge < -0.3 is 35.8 Å². The van der Waals surface area contributed by atoms with Gasteiger partial charge in [-0.3, -0.25) is 14.6 Å². The largest absolute Gasteiger partial charge is 0.397 e. The standard InChI is InChI=1S/C45H51N5O5/c1-50(25-23-38-14-6-7-24-47-38)30-39-28-42(34-21-19-32(31-51)20-22-34)55-45(54-39)37-13-9-12-36(27-37)35-11-8-10-33(26-35)29-48-43(52)17-4-5-18-44(53)49-41-16-3-2-15-40(41)46/h2-3,6-16,19-22,24,26-27,39,42,45,51H,4-5,17-18,23,25,28-31,46H2,1H3,(H,48,52)(H,49,53)/t39-,42+,45+/m0/s1. The highest BCUT2D eigenvalue weighted by atomic mass is 16.7. The van der Waals surface area contributed by atoms with Gasteiger partial charge in [0.05, 0.1) is 30.2 Å². The summed E-state index contributed by atoms with van der Waals surface area (Å²) in [4.78, 5) is 31.7. The monoisotopic (exact) mass is 741 g/mol. The van der Waals surface area contributed by atoms with Crippen LogP contribution in [0.15, 0.2) is 121 Å². The van der Waals surface area contributed by atoms with Crippen molar-refractivity contribution in [1.82, 2.24) is 15.2 Å². The van der Waals surface area contributed by atoms with E-state index in [0.29, 0.717) is 50.0 Å². The van der Waals surface area contributed by atoms with Crippen LogP contribution in [0.3, 0.4) is 0 Å². The second kappa shape index (κ2) is 19.8. The Bertz CT molecular complexity index is 1990. The van der Waals surface area contributed by atoms with Crippen molar-refractivity contribution in [2.45, 2.75) is 70.2 Å². The lowest BCUT2D eigenvalue weighted by molar-refractivity contribution is -0.252. The quantitative estimate of drug-likeness (QED) is 0.0573. The van der Waals surface area contributed by atoms with Gasteiger partial charge in [-0.25, -0.2) is 0 Å². The van der Waals surface area contributed by atoms with Gasteiger partial charge >= 0.3 is 0 Å². The van der Waals surface area contributed by atoms with Crippen LogP contribution < -0.4 is 16.4 Å². The summed E-state index contributed by atoms with van der Waals surface area (Å²) in [5, 5.41) is 15.4. The van der Waals surface area contributed by atoms with Crippen LogP contribution >= 0.6 is 0 Å². The van der Waals surface area contributed by atoms with E-state index < -0.39 is 6.29 Å². The van der Waals surface area contributed by atoms with E-state index in [0.717, 1.165) is 58.6 Å². The van der Waals surface area contributed by atoms with Crippen molar-refractivity contribution in [3.05, 3.63) is 149 Å². The fourth-order valence-electron chi connectivity index (χ4n) is 6.73. The van der Waals surface area contributed by atoms with E-state index in [9.17, 15) is 14.7 Å². The zero-order valence-electron chi connectivity index (χ0n) is 31.4. The highest BCUT2D eigenvalue weighted by Gasteiger charge is 2.33. The number of benzene rings is 4. The number of anilines is 2. The number of hydrogen-bond acceptors (Lipinski definition) is 8. The Kier molecular flexibility index (Phi) is 14.1. The van der Waals surface area contributed by atoms with Crippen molar-refractivity contribution < 1.29 is 24.2 Å². The van der Waals surface area contributed by atoms with Gasteiger partial charge in [0.1, 0.15) is 0 Å². The minimum atomic E-state index is -0.574. The first-order chi connectivity index (χ1) is 26.8. The van der Waals surface area contributed by atoms with Gasteiger partial charge in [0, 0.05) is 62.8 Å². The van der Waals surface area contributed by atoms with Crippen LogP contribution in [-0.4, -0.2) is 53.0 Å². The lowest BCUT2D eigenvalue weighted by Crippen LogP contribution is -2.38. The number of amides is 2. The van der Waals surface area contributed by atoms with Crippen molar-refractivity contribution in [3.63, 3.8) is 0 Å². The number of carbonyl (C=O) groups is 2. The molecule has 2 heterocycles. The first-order valence-corrected chi connectivity index (χ1v) is 19.0. The third kappa shape index (κ3) is 11.8. The molecule has 55 heavy (non-hydrogen) atoms. The SMILES string of the molecule is CN(CCc1ccccn1)C[C@@H]1C[C@H](c2ccc(CO)cc2)O[C@H](c2cccc(-c3cccc(CNC(=O)CCCCC(=O)Nc4ccccc4N)c3)c2)O1. The Morgan fingerprint density at radius 2 is 1.56 bits per heavy atom. The van der Waals surface area contributed by atoms with Gasteiger partial charge in [-0.05, 0) is 84.1 Å². The smallest absolute Gasteiger partial charge is 0.224 e. The summed E-state index contributed by atoms with van der Waals surface area (Å²) in [5.74, 6) is -0.168. The van der Waals surface area contributed by atoms with Crippen LogP contribution in [0.4, 0.5) is 11.4 Å². The summed E-state index contributed by atoms with van der Waals surface area (Å²) < 4.78 is 13.3. The molecule has 1 fully saturated rings. The van der Waals surface area contributed by atoms with Gasteiger partial charge in [0.15, 0.2) is 6.29 Å². The van der Waals surface area contributed by atoms with E-state index in [2.05, 4.69) is 57.9 Å². The average molecular weight is 742 g/mol. The van der Waals surface area contributed by atoms with E-state index in [-0.39, 0.29) is 30.6 Å². The molecule has 10 heteroatoms. The second-order valence-corrected chi connectivity index (χ2v) is 14.1. The molecule has 1 saturated heterocycles. The van der Waals surface area contributed by atoms with E-state index >= 15 is 0 Å². The van der Waals surface area contributed by atoms with Gasteiger partial charge in [-0.2, -0.15) is 0 Å². The molecule has 286 valence electrons. The van der Waals surface area contributed by atoms with E-state index in [4.69, 9.17) is 15.2 Å². The molecule has 10 nitrogen and oxygen atoms in total. The summed E-state index contributed by atoms with van der Waals surface area (Å²) in [7, 11) is 2.11. The lowest BCUT2D eigenvalue weighted by atomic mass is 9.98. The zero-order chi connectivity index (χ0) is 38.4. The third-order valence-electron chi connectivity index (χ3n) is 9.81. The number of likely N-dealkylation sites (N-methyl/N-ethyl adjacent to an activating group) is 1. The fourth-order valence-corrected chi connectivity index (χ4v) is 6.73. The van der Waals surface area contributed by atoms with Gasteiger partial charge in [0.2, 0.25) is 11.8 Å². The van der Waals surface area contributed by atoms with Crippen molar-refractivity contribution in [3.8, 4) is 11.1 Å². The number of pyridine rings is 1. The lowest BCUT2D eigenvalue weighted by Gasteiger charge is -2.38. The van der Waals surface area contributed by atoms with E-state index in [1.54, 1.807) is 12.1 Å². The number of nitrogens with zero attached hydrogens (tertiary/aromatic N) is 2. The number of aliphatic hydroxyl groups is 1. The topological polar surface area (TPSA) is 139 Å². The molecule has 2 amide bonds. The Morgan fingerprint density at radius 1 is 0.818 bits per heavy atom. The van der Waals surface area contributed by atoms with Crippen LogP contribution in [0.5, 0.6) is 0 Å². The number of nitrogen functional groups attached to an aromatic ring is 1. The van der Waals surface area contributed by atoms with Crippen LogP contribution in [0.2, 0.25) is 0 Å². The number of hydrogen-bond donors (Lipinski definition) is 4. The summed E-state index contributed by atoms with van der Waals surface area (Å²) >= 11 is 0. The number of unbranched alkanes of at least 4 members (excludes halogenated alkanes) is 1. The van der Waals surface area contributed by atoms with E-state index in [1.807, 2.05) is 79.0 Å². The minimum Gasteiger partial charge on any atom is -0.397 e. The summed E-state index contributed by atoms with van der Waals surface area (Å²) in [6, 6.07) is 37.5. The van der Waals surface area contributed by atoms with Crippen LogP contribution in [0.1, 0.15) is 72.4 Å². The third-order valence-corrected chi connectivity index (χ3v) is 9.81. The normalized spacial score (nSPS) is 16.8. The van der Waals surface area contributed by atoms with Crippen molar-refractivity contribution >= 4 is 23.2 Å². The Morgan fingerprint density at radius 3 is 2.33 bits per heavy atom. The Hall–Kier alpha value is -5.39. The van der Waals surface area contributed by atoms with Gasteiger partial charge in [-0.1, -0.05) is 78.9 Å². The molecule has 0 bridgehead atoms. The number of aromatic nitrogens is 1. The maximum absolute atomic E-state index is 12.7. The van der Waals surface area contributed by atoms with Crippen LogP contribution in [-0.2, 0) is 38.6 Å². The molecule has 1 aliphatic heterocycles. The predicted octanol–water partition coefficient (Wildman–Crippen LogP) is 7.36. The first kappa shape index (κ1) is 39.3. The maximum Gasteiger partial charge on any atom is 0.224 e. The van der Waals surface area contributed by atoms with Crippen molar-refractivity contribution in [2.75, 3.05) is 31.2 Å². The minimum absolute atomic E-state index is 0.00438. The zero-order valence-corrected chi connectivity index (χ0v) is 31.4. The predicted molar refractivity (Wildman–Crippen MR) is 216 cm³/mol. The molecule has 4 aromatic carbocycles. The molecular formula is C45H51N5O5. The molecule has 0 unspecified atom stereocenters. The number of ether oxygens (including phenoxy) is 2. The molecule has 5 aromatic rings. The molecule has 0 aliphatic carbocycles. The average Bonchev–Trinajstić information content (AvgIpc) is 3.22. The highest BCUT2D eigenvalue weighted by Crippen LogP contribution is 2.39. The molecule has 3 atom stereocenters. The number of aliphatic hydroxyl groups excluding tert-OH is 1. The molecule has 1 aliphatic rings. The first-order valence-electron chi connectivity index (χ1n) is 19.0. The number of carbonyl (C=O) groups excluding carboxylic acids is 2. The second-order valence-electron chi connectivity index (χ2n) is 14.1. The maximum atomic E-state index is 12.7. The molecule has 1 aromatic heterocycles. The molecule has 0 radical (unpaired) electrons. The summed E-state index contributed by atoms with van der Waals surface area (Å²) in [6.45, 7) is 2.00. The summed E-state index contributed by atoms with van der Waals surface area (Å²) in [5.41, 5.74) is 14.0. The van der Waals surface area contributed by atoms with Gasteiger partial charge in [-0.15, -0.1) is 0 Å². The number of para-hydroxylation sites is 2. The molecule has 6 rings (SSSR count). The summed E-state index contributed by atoms with van der Waals surface area (Å²) in [6.07, 6.45) is 4.44. The number of nitrogens with two attached hydrogens (primary N) is 1. The fraction of sp³-hybridized carbons (Fsp3) is 0.311. The Labute approximate surface area is 323 Å². The Balaban J connectivity index is 1.05. The number of rotatable bonds is 17. The van der Waals surface area contributed by atoms with Crippen LogP contribution in [0.25, 0.3) is 11.1 Å². The van der Waals surface area contributed by atoms with Crippen molar-refractivity contribution in [2.24, 2.45) is 0 Å².